The van der Waals surface area contributed by atoms with E-state index in [0.29, 0.717) is 22.5 Å². The van der Waals surface area contributed by atoms with Gasteiger partial charge in [0.05, 0.1) is 25.9 Å². The first-order chi connectivity index (χ1) is 15.0. The maximum Gasteiger partial charge on any atom is 0.245 e. The van der Waals surface area contributed by atoms with Gasteiger partial charge < -0.3 is 9.47 Å². The van der Waals surface area contributed by atoms with Crippen molar-refractivity contribution in [3.8, 4) is 11.5 Å². The molecule has 2 aromatic carbocycles. The topological polar surface area (TPSA) is 94.5 Å². The smallest absolute Gasteiger partial charge is 0.245 e. The summed E-state index contributed by atoms with van der Waals surface area (Å²) in [7, 11) is -0.793. The summed E-state index contributed by atoms with van der Waals surface area (Å²) >= 11 is 0.988. The average Bonchev–Trinajstić information content (AvgIpc) is 3.28. The van der Waals surface area contributed by atoms with Gasteiger partial charge in [-0.15, -0.1) is 0 Å². The predicted molar refractivity (Wildman–Crippen MR) is 118 cm³/mol. The van der Waals surface area contributed by atoms with Crippen LogP contribution in [0.3, 0.4) is 0 Å². The molecule has 8 nitrogen and oxygen atoms in total. The fourth-order valence-corrected chi connectivity index (χ4v) is 5.40. The number of sulfonamides is 1. The molecule has 4 rings (SSSR count). The Balaban J connectivity index is 1.76. The van der Waals surface area contributed by atoms with Crippen LogP contribution in [0.2, 0.25) is 0 Å². The SMILES string of the molecule is COc1ccc(CN(Cc2cccnc2)S(=O)(=O)c2cccc3nsnc23)cc1OC. The van der Waals surface area contributed by atoms with Crippen molar-refractivity contribution in [2.24, 2.45) is 0 Å². The number of hydrogen-bond acceptors (Lipinski definition) is 8. The number of hydrogen-bond donors (Lipinski definition) is 0. The van der Waals surface area contributed by atoms with Crippen molar-refractivity contribution >= 4 is 32.8 Å². The zero-order valence-electron chi connectivity index (χ0n) is 16.9. The summed E-state index contributed by atoms with van der Waals surface area (Å²) in [6.07, 6.45) is 3.31. The second kappa shape index (κ2) is 8.96. The molecule has 160 valence electrons. The van der Waals surface area contributed by atoms with Crippen molar-refractivity contribution in [1.29, 1.82) is 0 Å². The fraction of sp³-hybridized carbons (Fsp3) is 0.190. The van der Waals surface area contributed by atoms with Crippen LogP contribution in [0.1, 0.15) is 11.1 Å². The highest BCUT2D eigenvalue weighted by Gasteiger charge is 2.28. The molecule has 31 heavy (non-hydrogen) atoms. The molecule has 0 aliphatic heterocycles. The fourth-order valence-electron chi connectivity index (χ4n) is 3.23. The molecule has 10 heteroatoms. The lowest BCUT2D eigenvalue weighted by Gasteiger charge is -2.23. The molecule has 2 heterocycles. The van der Waals surface area contributed by atoms with Gasteiger partial charge in [0.1, 0.15) is 15.9 Å². The van der Waals surface area contributed by atoms with E-state index in [9.17, 15) is 8.42 Å². The van der Waals surface area contributed by atoms with Gasteiger partial charge in [-0.2, -0.15) is 13.1 Å². The van der Waals surface area contributed by atoms with Crippen LogP contribution >= 0.6 is 11.7 Å². The quantitative estimate of drug-likeness (QED) is 0.400. The molecule has 0 radical (unpaired) electrons. The van der Waals surface area contributed by atoms with Gasteiger partial charge in [-0.25, -0.2) is 8.42 Å². The third-order valence-corrected chi connectivity index (χ3v) is 7.12. The molecule has 0 spiro atoms. The van der Waals surface area contributed by atoms with Crippen molar-refractivity contribution in [3.63, 3.8) is 0 Å². The Morgan fingerprint density at radius 1 is 0.935 bits per heavy atom. The Hall–Kier alpha value is -3.08. The molecule has 0 bridgehead atoms. The van der Waals surface area contributed by atoms with Gasteiger partial charge in [-0.1, -0.05) is 18.2 Å². The predicted octanol–water partition coefficient (Wildman–Crippen LogP) is 3.49. The number of benzene rings is 2. The summed E-state index contributed by atoms with van der Waals surface area (Å²) in [6.45, 7) is 0.282. The van der Waals surface area contributed by atoms with Crippen LogP contribution in [0.5, 0.6) is 11.5 Å². The van der Waals surface area contributed by atoms with Crippen LogP contribution in [0.25, 0.3) is 11.0 Å². The summed E-state index contributed by atoms with van der Waals surface area (Å²) in [5, 5.41) is 0. The molecule has 0 fully saturated rings. The number of pyridine rings is 1. The van der Waals surface area contributed by atoms with E-state index in [1.807, 2.05) is 12.1 Å². The lowest BCUT2D eigenvalue weighted by Crippen LogP contribution is -2.30. The summed E-state index contributed by atoms with van der Waals surface area (Å²) in [6, 6.07) is 14.0. The van der Waals surface area contributed by atoms with Crippen LogP contribution in [0.15, 0.2) is 65.8 Å². The number of ether oxygens (including phenoxy) is 2. The minimum atomic E-state index is -3.89. The van der Waals surface area contributed by atoms with E-state index >= 15 is 0 Å². The van der Waals surface area contributed by atoms with Crippen molar-refractivity contribution in [1.82, 2.24) is 18.0 Å². The van der Waals surface area contributed by atoms with Crippen LogP contribution in [0.4, 0.5) is 0 Å². The lowest BCUT2D eigenvalue weighted by molar-refractivity contribution is 0.352. The Bertz CT molecular complexity index is 1290. The molecule has 4 aromatic rings. The van der Waals surface area contributed by atoms with E-state index in [-0.39, 0.29) is 18.0 Å². The maximum absolute atomic E-state index is 13.7. The molecule has 0 N–H and O–H groups in total. The van der Waals surface area contributed by atoms with Gasteiger partial charge in [0.2, 0.25) is 10.0 Å². The minimum absolute atomic E-state index is 0.128. The highest BCUT2D eigenvalue weighted by atomic mass is 32.2. The van der Waals surface area contributed by atoms with E-state index in [1.54, 1.807) is 63.0 Å². The van der Waals surface area contributed by atoms with Crippen molar-refractivity contribution in [3.05, 3.63) is 72.1 Å². The van der Waals surface area contributed by atoms with E-state index in [2.05, 4.69) is 13.7 Å². The van der Waals surface area contributed by atoms with Crippen molar-refractivity contribution in [2.45, 2.75) is 18.0 Å². The van der Waals surface area contributed by atoms with Crippen LogP contribution in [-0.4, -0.2) is 40.7 Å². The van der Waals surface area contributed by atoms with E-state index < -0.39 is 10.0 Å². The van der Waals surface area contributed by atoms with Gasteiger partial charge in [-0.3, -0.25) is 4.98 Å². The molecule has 2 aromatic heterocycles. The Kier molecular flexibility index (Phi) is 6.12. The molecule has 0 amide bonds. The first kappa shape index (κ1) is 21.2. The summed E-state index contributed by atoms with van der Waals surface area (Å²) < 4.78 is 47.9. The summed E-state index contributed by atoms with van der Waals surface area (Å²) in [5.41, 5.74) is 2.46. The highest BCUT2D eigenvalue weighted by molar-refractivity contribution is 7.89. The van der Waals surface area contributed by atoms with E-state index in [1.165, 1.54) is 4.31 Å². The Labute approximate surface area is 184 Å². The van der Waals surface area contributed by atoms with Gasteiger partial charge >= 0.3 is 0 Å². The number of methoxy groups -OCH3 is 2. The molecule has 0 aliphatic rings. The number of aromatic nitrogens is 3. The van der Waals surface area contributed by atoms with Gasteiger partial charge in [0.15, 0.2) is 11.5 Å². The monoisotopic (exact) mass is 456 g/mol. The number of rotatable bonds is 8. The van der Waals surface area contributed by atoms with Gasteiger partial charge in [-0.05, 0) is 41.5 Å². The van der Waals surface area contributed by atoms with Crippen LogP contribution in [0, 0.1) is 0 Å². The maximum atomic E-state index is 13.7. The zero-order chi connectivity index (χ0) is 21.8. The van der Waals surface area contributed by atoms with Crippen LogP contribution < -0.4 is 9.47 Å². The molecule has 0 saturated carbocycles. The molecule has 0 atom stereocenters. The molecular formula is C21H20N4O4S2. The van der Waals surface area contributed by atoms with Crippen LogP contribution in [-0.2, 0) is 23.1 Å². The molecule has 0 aliphatic carbocycles. The Morgan fingerprint density at radius 3 is 2.48 bits per heavy atom. The molecular weight excluding hydrogens is 436 g/mol. The lowest BCUT2D eigenvalue weighted by atomic mass is 10.2. The highest BCUT2D eigenvalue weighted by Crippen LogP contribution is 2.31. The normalized spacial score (nSPS) is 11.7. The first-order valence-corrected chi connectivity index (χ1v) is 11.5. The number of nitrogens with zero attached hydrogens (tertiary/aromatic N) is 4. The van der Waals surface area contributed by atoms with Gasteiger partial charge in [0.25, 0.3) is 0 Å². The minimum Gasteiger partial charge on any atom is -0.493 e. The number of fused-ring (bicyclic) bond motifs is 1. The summed E-state index contributed by atoms with van der Waals surface area (Å²) in [4.78, 5) is 4.24. The van der Waals surface area contributed by atoms with Crippen molar-refractivity contribution < 1.29 is 17.9 Å². The second-order valence-electron chi connectivity index (χ2n) is 6.71. The van der Waals surface area contributed by atoms with Crippen molar-refractivity contribution in [2.75, 3.05) is 14.2 Å². The Morgan fingerprint density at radius 2 is 1.74 bits per heavy atom. The molecule has 0 saturated heterocycles. The summed E-state index contributed by atoms with van der Waals surface area (Å²) in [5.74, 6) is 1.11. The third-order valence-electron chi connectivity index (χ3n) is 4.76. The average molecular weight is 457 g/mol. The zero-order valence-corrected chi connectivity index (χ0v) is 18.6. The van der Waals surface area contributed by atoms with E-state index in [0.717, 1.165) is 22.9 Å². The van der Waals surface area contributed by atoms with E-state index in [4.69, 9.17) is 9.47 Å². The molecule has 0 unspecified atom stereocenters. The first-order valence-electron chi connectivity index (χ1n) is 9.34. The standard InChI is InChI=1S/C21H20N4O4S2/c1-28-18-9-8-15(11-19(18)29-2)13-25(14-16-5-4-10-22-12-16)31(26,27)20-7-3-6-17-21(20)24-30-23-17/h3-12H,13-14H2,1-2H3. The largest absolute Gasteiger partial charge is 0.493 e. The second-order valence-corrected chi connectivity index (χ2v) is 9.15. The van der Waals surface area contributed by atoms with Gasteiger partial charge in [0, 0.05) is 25.5 Å². The third kappa shape index (κ3) is 4.36.